The second-order valence-electron chi connectivity index (χ2n) is 3.93. The molecule has 1 aliphatic rings. The maximum absolute atomic E-state index is 9.61. The fourth-order valence-corrected chi connectivity index (χ4v) is 2.06. The molecule has 2 unspecified atom stereocenters. The highest BCUT2D eigenvalue weighted by atomic mass is 16.3. The van der Waals surface area contributed by atoms with E-state index in [0.717, 1.165) is 0 Å². The summed E-state index contributed by atoms with van der Waals surface area (Å²) in [6, 6.07) is 0. The molecule has 60 valence electrons. The van der Waals surface area contributed by atoms with Crippen molar-refractivity contribution in [1.82, 2.24) is 0 Å². The molecule has 0 aromatic heterocycles. The molecule has 0 aromatic rings. The van der Waals surface area contributed by atoms with Gasteiger partial charge in [0, 0.05) is 0 Å². The molecule has 1 heteroatoms. The predicted octanol–water partition coefficient (Wildman–Crippen LogP) is 1.91. The normalized spacial score (nSPS) is 55.5. The zero-order chi connectivity index (χ0) is 7.89. The van der Waals surface area contributed by atoms with E-state index in [1.54, 1.807) is 0 Å². The monoisotopic (exact) mass is 142 g/mol. The third-order valence-corrected chi connectivity index (χ3v) is 3.57. The van der Waals surface area contributed by atoms with E-state index >= 15 is 0 Å². The summed E-state index contributed by atoms with van der Waals surface area (Å²) in [7, 11) is 0. The van der Waals surface area contributed by atoms with Crippen molar-refractivity contribution in [3.8, 4) is 0 Å². The van der Waals surface area contributed by atoms with Crippen LogP contribution < -0.4 is 0 Å². The maximum atomic E-state index is 9.61. The third kappa shape index (κ3) is 0.968. The van der Waals surface area contributed by atoms with Gasteiger partial charge in [-0.25, -0.2) is 0 Å². The third-order valence-electron chi connectivity index (χ3n) is 3.57. The van der Waals surface area contributed by atoms with Crippen molar-refractivity contribution in [2.45, 2.75) is 33.8 Å². The Kier molecular flexibility index (Phi) is 2.04. The van der Waals surface area contributed by atoms with Gasteiger partial charge in [0.1, 0.15) is 0 Å². The lowest BCUT2D eigenvalue weighted by molar-refractivity contribution is 0.0955. The molecule has 0 heterocycles. The molecule has 1 nitrogen and oxygen atoms in total. The predicted molar refractivity (Wildman–Crippen MR) is 42.7 cm³/mol. The Hall–Kier alpha value is -0.0400. The van der Waals surface area contributed by atoms with Crippen LogP contribution in [0.1, 0.15) is 27.7 Å². The van der Waals surface area contributed by atoms with Crippen molar-refractivity contribution in [2.75, 3.05) is 0 Å². The second-order valence-corrected chi connectivity index (χ2v) is 3.93. The summed E-state index contributed by atoms with van der Waals surface area (Å²) in [5.41, 5.74) is 0. The zero-order valence-corrected chi connectivity index (χ0v) is 7.33. The maximum Gasteiger partial charge on any atom is 0.0596 e. The lowest BCUT2D eigenvalue weighted by Crippen LogP contribution is -2.18. The molecule has 0 radical (unpaired) electrons. The van der Waals surface area contributed by atoms with Crippen LogP contribution in [0.3, 0.4) is 0 Å². The van der Waals surface area contributed by atoms with Gasteiger partial charge in [-0.2, -0.15) is 0 Å². The Balaban J connectivity index is 2.68. The van der Waals surface area contributed by atoms with Crippen LogP contribution in [0.15, 0.2) is 0 Å². The van der Waals surface area contributed by atoms with Crippen molar-refractivity contribution in [1.29, 1.82) is 0 Å². The van der Waals surface area contributed by atoms with E-state index in [1.807, 2.05) is 0 Å². The van der Waals surface area contributed by atoms with E-state index in [-0.39, 0.29) is 6.10 Å². The van der Waals surface area contributed by atoms with Crippen LogP contribution in [0.5, 0.6) is 0 Å². The summed E-state index contributed by atoms with van der Waals surface area (Å²) in [4.78, 5) is 0. The minimum atomic E-state index is -0.0648. The Morgan fingerprint density at radius 2 is 1.00 bits per heavy atom. The van der Waals surface area contributed by atoms with Crippen molar-refractivity contribution in [3.05, 3.63) is 0 Å². The Labute approximate surface area is 63.4 Å². The summed E-state index contributed by atoms with van der Waals surface area (Å²) in [6.07, 6.45) is -0.0648. The standard InChI is InChI=1S/C9H18O/c1-5-6(2)8(4)9(10)7(5)3/h5-10H,1-4H3/t5-,6+,7-,8?,9?/m0/s1. The van der Waals surface area contributed by atoms with Gasteiger partial charge < -0.3 is 5.11 Å². The van der Waals surface area contributed by atoms with E-state index in [0.29, 0.717) is 23.7 Å². The van der Waals surface area contributed by atoms with Gasteiger partial charge in [0.15, 0.2) is 0 Å². The van der Waals surface area contributed by atoms with Gasteiger partial charge in [-0.3, -0.25) is 0 Å². The lowest BCUT2D eigenvalue weighted by Gasteiger charge is -2.13. The molecular weight excluding hydrogens is 124 g/mol. The van der Waals surface area contributed by atoms with Crippen LogP contribution in [0.2, 0.25) is 0 Å². The first-order valence-electron chi connectivity index (χ1n) is 4.23. The molecule has 5 atom stereocenters. The number of aliphatic hydroxyl groups is 1. The zero-order valence-electron chi connectivity index (χ0n) is 7.33. The van der Waals surface area contributed by atoms with Crippen LogP contribution in [0.25, 0.3) is 0 Å². The molecule has 10 heavy (non-hydrogen) atoms. The van der Waals surface area contributed by atoms with E-state index in [9.17, 15) is 5.11 Å². The molecule has 0 aromatic carbocycles. The topological polar surface area (TPSA) is 20.2 Å². The van der Waals surface area contributed by atoms with Crippen molar-refractivity contribution in [3.63, 3.8) is 0 Å². The van der Waals surface area contributed by atoms with Gasteiger partial charge in [0.25, 0.3) is 0 Å². The van der Waals surface area contributed by atoms with Crippen LogP contribution in [0, 0.1) is 23.7 Å². The highest BCUT2D eigenvalue weighted by Gasteiger charge is 2.39. The van der Waals surface area contributed by atoms with Gasteiger partial charge >= 0.3 is 0 Å². The van der Waals surface area contributed by atoms with E-state index in [2.05, 4.69) is 27.7 Å². The Morgan fingerprint density at radius 3 is 1.10 bits per heavy atom. The summed E-state index contributed by atoms with van der Waals surface area (Å²) < 4.78 is 0. The Bertz CT molecular complexity index is 77.1. The SMILES string of the molecule is CC1C(O)[C@@H](C)[C@@H](C)[C@H]1C. The van der Waals surface area contributed by atoms with E-state index in [4.69, 9.17) is 0 Å². The molecule has 0 saturated heterocycles. The molecule has 0 bridgehead atoms. The summed E-state index contributed by atoms with van der Waals surface area (Å²) >= 11 is 0. The molecule has 1 fully saturated rings. The van der Waals surface area contributed by atoms with E-state index < -0.39 is 0 Å². The molecule has 1 aliphatic carbocycles. The molecule has 1 saturated carbocycles. The quantitative estimate of drug-likeness (QED) is 0.547. The second kappa shape index (κ2) is 2.54. The van der Waals surface area contributed by atoms with Gasteiger partial charge in [-0.05, 0) is 23.7 Å². The van der Waals surface area contributed by atoms with Crippen molar-refractivity contribution < 1.29 is 5.11 Å². The first kappa shape index (κ1) is 8.06. The summed E-state index contributed by atoms with van der Waals surface area (Å²) in [5, 5.41) is 9.61. The van der Waals surface area contributed by atoms with Crippen molar-refractivity contribution >= 4 is 0 Å². The van der Waals surface area contributed by atoms with E-state index in [1.165, 1.54) is 0 Å². The average Bonchev–Trinajstić information content (AvgIpc) is 2.07. The average molecular weight is 142 g/mol. The lowest BCUT2D eigenvalue weighted by atomic mass is 9.92. The minimum Gasteiger partial charge on any atom is -0.393 e. The number of hydrogen-bond donors (Lipinski definition) is 1. The molecule has 1 rings (SSSR count). The summed E-state index contributed by atoms with van der Waals surface area (Å²) in [5.74, 6) is 2.35. The smallest absolute Gasteiger partial charge is 0.0596 e. The largest absolute Gasteiger partial charge is 0.393 e. The molecule has 1 N–H and O–H groups in total. The molecular formula is C9H18O. The minimum absolute atomic E-state index is 0.0648. The van der Waals surface area contributed by atoms with Gasteiger partial charge in [0.05, 0.1) is 6.10 Å². The fraction of sp³-hybridized carbons (Fsp3) is 1.00. The van der Waals surface area contributed by atoms with Crippen LogP contribution in [0.4, 0.5) is 0 Å². The fourth-order valence-electron chi connectivity index (χ4n) is 2.06. The Morgan fingerprint density at radius 1 is 0.700 bits per heavy atom. The molecule has 0 spiro atoms. The van der Waals surface area contributed by atoms with Gasteiger partial charge in [-0.1, -0.05) is 27.7 Å². The van der Waals surface area contributed by atoms with Gasteiger partial charge in [0.2, 0.25) is 0 Å². The first-order valence-corrected chi connectivity index (χ1v) is 4.23. The van der Waals surface area contributed by atoms with Crippen LogP contribution >= 0.6 is 0 Å². The summed E-state index contributed by atoms with van der Waals surface area (Å²) in [6.45, 7) is 8.77. The highest BCUT2D eigenvalue weighted by Crippen LogP contribution is 2.40. The number of hydrogen-bond acceptors (Lipinski definition) is 1. The van der Waals surface area contributed by atoms with Crippen LogP contribution in [-0.4, -0.2) is 11.2 Å². The first-order chi connectivity index (χ1) is 4.55. The van der Waals surface area contributed by atoms with Crippen molar-refractivity contribution in [2.24, 2.45) is 23.7 Å². The van der Waals surface area contributed by atoms with Gasteiger partial charge in [-0.15, -0.1) is 0 Å². The molecule has 0 amide bonds. The number of rotatable bonds is 0. The molecule has 0 aliphatic heterocycles. The number of aliphatic hydroxyl groups excluding tert-OH is 1. The van der Waals surface area contributed by atoms with Crippen LogP contribution in [-0.2, 0) is 0 Å². The highest BCUT2D eigenvalue weighted by molar-refractivity contribution is 4.88.